The molecule has 1 N–H and O–H groups in total. The fourth-order valence-corrected chi connectivity index (χ4v) is 3.61. The minimum atomic E-state index is -0.641. The highest BCUT2D eigenvalue weighted by molar-refractivity contribution is 9.10. The molecule has 0 saturated carbocycles. The molecule has 0 saturated heterocycles. The number of nitrogens with zero attached hydrogens (tertiary/aromatic N) is 1. The van der Waals surface area contributed by atoms with Gasteiger partial charge in [-0.1, -0.05) is 39.0 Å². The van der Waals surface area contributed by atoms with Crippen LogP contribution in [0, 0.1) is 5.92 Å². The molecule has 2 amide bonds. The van der Waals surface area contributed by atoms with E-state index in [2.05, 4.69) is 28.2 Å². The molecule has 6 nitrogen and oxygen atoms in total. The Morgan fingerprint density at radius 2 is 1.72 bits per heavy atom. The summed E-state index contributed by atoms with van der Waals surface area (Å²) in [5.41, 5.74) is 2.07. The summed E-state index contributed by atoms with van der Waals surface area (Å²) >= 11 is 3.50. The minimum absolute atomic E-state index is 0.165. The molecule has 2 rings (SSSR count). The Labute approximate surface area is 199 Å². The molecule has 0 radical (unpaired) electrons. The highest BCUT2D eigenvalue weighted by atomic mass is 79.9. The first-order valence-electron chi connectivity index (χ1n) is 10.9. The lowest BCUT2D eigenvalue weighted by Gasteiger charge is -2.29. The number of carbonyl (C=O) groups excluding carboxylic acids is 2. The second-order valence-corrected chi connectivity index (χ2v) is 8.95. The summed E-state index contributed by atoms with van der Waals surface area (Å²) in [7, 11) is 1.61. The normalized spacial score (nSPS) is 11.7. The molecular formula is C25H33BrN2O4. The molecule has 0 aliphatic carbocycles. The summed E-state index contributed by atoms with van der Waals surface area (Å²) < 4.78 is 11.8. The highest BCUT2D eigenvalue weighted by Crippen LogP contribution is 2.26. The van der Waals surface area contributed by atoms with Crippen LogP contribution in [-0.2, 0) is 22.6 Å². The lowest BCUT2D eigenvalue weighted by atomic mass is 10.1. The van der Waals surface area contributed by atoms with Crippen molar-refractivity contribution in [3.05, 3.63) is 58.1 Å². The summed E-state index contributed by atoms with van der Waals surface area (Å²) in [6.07, 6.45) is 0.913. The van der Waals surface area contributed by atoms with Gasteiger partial charge in [-0.15, -0.1) is 0 Å². The molecule has 0 heterocycles. The maximum atomic E-state index is 13.1. The number of nitrogens with one attached hydrogen (secondary N) is 1. The molecule has 2 aromatic carbocycles. The van der Waals surface area contributed by atoms with E-state index in [1.165, 1.54) is 5.56 Å². The second-order valence-electron chi connectivity index (χ2n) is 8.09. The smallest absolute Gasteiger partial charge is 0.261 e. The zero-order chi connectivity index (χ0) is 23.7. The van der Waals surface area contributed by atoms with Crippen LogP contribution in [0.25, 0.3) is 0 Å². The van der Waals surface area contributed by atoms with Gasteiger partial charge in [0.2, 0.25) is 5.91 Å². The van der Waals surface area contributed by atoms with Crippen LogP contribution in [0.3, 0.4) is 0 Å². The zero-order valence-electron chi connectivity index (χ0n) is 19.5. The van der Waals surface area contributed by atoms with Crippen LogP contribution in [0.4, 0.5) is 0 Å². The molecule has 0 aromatic heterocycles. The number of ether oxygens (including phenoxy) is 2. The van der Waals surface area contributed by atoms with E-state index in [9.17, 15) is 9.59 Å². The van der Waals surface area contributed by atoms with Crippen molar-refractivity contribution < 1.29 is 19.1 Å². The van der Waals surface area contributed by atoms with Crippen molar-refractivity contribution in [3.8, 4) is 11.5 Å². The highest BCUT2D eigenvalue weighted by Gasteiger charge is 2.26. The standard InChI is InChI=1S/C25H33BrN2O4/c1-6-19-9-12-23(22(26)13-19)32-16-24(29)28(18(4)25(30)27-14-17(2)3)15-20-7-10-21(31-5)11-8-20/h7-13,17-18H,6,14-16H2,1-5H3,(H,27,30)/t18-/m0/s1. The van der Waals surface area contributed by atoms with E-state index in [1.54, 1.807) is 18.9 Å². The van der Waals surface area contributed by atoms with Crippen LogP contribution >= 0.6 is 15.9 Å². The van der Waals surface area contributed by atoms with Crippen molar-refractivity contribution in [3.63, 3.8) is 0 Å². The van der Waals surface area contributed by atoms with E-state index in [0.29, 0.717) is 24.8 Å². The quantitative estimate of drug-likeness (QED) is 0.485. The van der Waals surface area contributed by atoms with Gasteiger partial charge in [-0.3, -0.25) is 9.59 Å². The van der Waals surface area contributed by atoms with Crippen molar-refractivity contribution in [1.29, 1.82) is 0 Å². The molecule has 1 atom stereocenters. The van der Waals surface area contributed by atoms with Gasteiger partial charge in [0.1, 0.15) is 17.5 Å². The number of hydrogen-bond acceptors (Lipinski definition) is 4. The Morgan fingerprint density at radius 1 is 1.06 bits per heavy atom. The van der Waals surface area contributed by atoms with Gasteiger partial charge < -0.3 is 19.7 Å². The molecule has 2 aromatic rings. The lowest BCUT2D eigenvalue weighted by molar-refractivity contribution is -0.142. The van der Waals surface area contributed by atoms with E-state index in [4.69, 9.17) is 9.47 Å². The first kappa shape index (κ1) is 25.7. The fraction of sp³-hybridized carbons (Fsp3) is 0.440. The number of hydrogen-bond donors (Lipinski definition) is 1. The first-order valence-corrected chi connectivity index (χ1v) is 11.7. The Morgan fingerprint density at radius 3 is 2.28 bits per heavy atom. The topological polar surface area (TPSA) is 67.9 Å². The predicted octanol–water partition coefficient (Wildman–Crippen LogP) is 4.59. The van der Waals surface area contributed by atoms with Gasteiger partial charge in [-0.05, 0) is 70.6 Å². The predicted molar refractivity (Wildman–Crippen MR) is 130 cm³/mol. The third-order valence-electron chi connectivity index (χ3n) is 5.12. The summed E-state index contributed by atoms with van der Waals surface area (Å²) in [6.45, 7) is 8.56. The van der Waals surface area contributed by atoms with Crippen LogP contribution in [0.2, 0.25) is 0 Å². The Balaban J connectivity index is 2.15. The zero-order valence-corrected chi connectivity index (χ0v) is 21.1. The summed E-state index contributed by atoms with van der Waals surface area (Å²) in [5, 5.41) is 2.92. The number of halogens is 1. The number of aryl methyl sites for hydroxylation is 1. The molecule has 0 bridgehead atoms. The van der Waals surface area contributed by atoms with Crippen molar-refractivity contribution >= 4 is 27.7 Å². The minimum Gasteiger partial charge on any atom is -0.497 e. The van der Waals surface area contributed by atoms with Gasteiger partial charge in [0.05, 0.1) is 11.6 Å². The van der Waals surface area contributed by atoms with E-state index in [-0.39, 0.29) is 18.4 Å². The lowest BCUT2D eigenvalue weighted by Crippen LogP contribution is -2.49. The van der Waals surface area contributed by atoms with Crippen LogP contribution in [-0.4, -0.2) is 43.0 Å². The van der Waals surface area contributed by atoms with Gasteiger partial charge in [-0.25, -0.2) is 0 Å². The summed E-state index contributed by atoms with van der Waals surface area (Å²) in [6, 6.07) is 12.6. The van der Waals surface area contributed by atoms with Gasteiger partial charge in [0.25, 0.3) is 5.91 Å². The Kier molecular flexibility index (Phi) is 10.0. The van der Waals surface area contributed by atoms with Crippen molar-refractivity contribution in [2.45, 2.75) is 46.7 Å². The van der Waals surface area contributed by atoms with Gasteiger partial charge in [0.15, 0.2) is 6.61 Å². The molecule has 0 aliphatic rings. The van der Waals surface area contributed by atoms with Crippen LogP contribution in [0.5, 0.6) is 11.5 Å². The van der Waals surface area contributed by atoms with Gasteiger partial charge >= 0.3 is 0 Å². The van der Waals surface area contributed by atoms with E-state index in [1.807, 2.05) is 56.3 Å². The van der Waals surface area contributed by atoms with Crippen LogP contribution in [0.15, 0.2) is 46.9 Å². The van der Waals surface area contributed by atoms with E-state index < -0.39 is 6.04 Å². The largest absolute Gasteiger partial charge is 0.497 e. The number of rotatable bonds is 11. The molecule has 0 aliphatic heterocycles. The molecule has 0 fully saturated rings. The number of amides is 2. The SMILES string of the molecule is CCc1ccc(OCC(=O)N(Cc2ccc(OC)cc2)[C@@H](C)C(=O)NCC(C)C)c(Br)c1. The molecule has 7 heteroatoms. The molecule has 174 valence electrons. The summed E-state index contributed by atoms with van der Waals surface area (Å²) in [4.78, 5) is 27.4. The molecule has 0 unspecified atom stereocenters. The number of methoxy groups -OCH3 is 1. The van der Waals surface area contributed by atoms with Gasteiger partial charge in [0, 0.05) is 13.1 Å². The van der Waals surface area contributed by atoms with Crippen molar-refractivity contribution in [2.75, 3.05) is 20.3 Å². The molecular weight excluding hydrogens is 472 g/mol. The third kappa shape index (κ3) is 7.55. The Hall–Kier alpha value is -2.54. The third-order valence-corrected chi connectivity index (χ3v) is 5.74. The molecule has 0 spiro atoms. The second kappa shape index (κ2) is 12.5. The maximum Gasteiger partial charge on any atom is 0.261 e. The van der Waals surface area contributed by atoms with E-state index >= 15 is 0 Å². The average Bonchev–Trinajstić information content (AvgIpc) is 2.79. The average molecular weight is 505 g/mol. The number of carbonyl (C=O) groups is 2. The Bertz CT molecular complexity index is 899. The first-order chi connectivity index (χ1) is 15.2. The van der Waals surface area contributed by atoms with Crippen molar-refractivity contribution in [1.82, 2.24) is 10.2 Å². The number of benzene rings is 2. The van der Waals surface area contributed by atoms with Crippen LogP contribution < -0.4 is 14.8 Å². The fourth-order valence-electron chi connectivity index (χ4n) is 3.07. The maximum absolute atomic E-state index is 13.1. The van der Waals surface area contributed by atoms with Gasteiger partial charge in [-0.2, -0.15) is 0 Å². The molecule has 32 heavy (non-hydrogen) atoms. The van der Waals surface area contributed by atoms with Crippen LogP contribution in [0.1, 0.15) is 38.8 Å². The van der Waals surface area contributed by atoms with Crippen molar-refractivity contribution in [2.24, 2.45) is 5.92 Å². The van der Waals surface area contributed by atoms with E-state index in [0.717, 1.165) is 22.2 Å². The monoisotopic (exact) mass is 504 g/mol. The summed E-state index contributed by atoms with van der Waals surface area (Å²) in [5.74, 6) is 1.20.